The number of carbonyl (C=O) groups excluding carboxylic acids is 1. The zero-order valence-electron chi connectivity index (χ0n) is 13.7. The first-order valence-electron chi connectivity index (χ1n) is 7.44. The second kappa shape index (κ2) is 5.69. The van der Waals surface area contributed by atoms with Gasteiger partial charge >= 0.3 is 6.09 Å². The van der Waals surface area contributed by atoms with Gasteiger partial charge in [-0.15, -0.1) is 0 Å². The van der Waals surface area contributed by atoms with Gasteiger partial charge in [0.2, 0.25) is 0 Å². The monoisotopic (exact) mass is 312 g/mol. The molecule has 1 N–H and O–H groups in total. The molecule has 2 aliphatic rings. The number of fused-ring (bicyclic) bond motifs is 1. The highest BCUT2D eigenvalue weighted by Gasteiger charge is 2.59. The first-order valence-corrected chi connectivity index (χ1v) is 7.44. The van der Waals surface area contributed by atoms with Crippen LogP contribution in [0.15, 0.2) is 0 Å². The first-order chi connectivity index (χ1) is 10.1. The summed E-state index contributed by atoms with van der Waals surface area (Å²) in [4.78, 5) is 13.9. The zero-order chi connectivity index (χ0) is 16.7. The minimum atomic E-state index is -0.795. The van der Waals surface area contributed by atoms with E-state index in [1.807, 2.05) is 0 Å². The maximum Gasteiger partial charge on any atom is 0.411 e. The van der Waals surface area contributed by atoms with Crippen LogP contribution in [0.1, 0.15) is 41.0 Å². The largest absolute Gasteiger partial charge is 0.444 e. The normalized spacial score (nSPS) is 33.4. The summed E-state index contributed by atoms with van der Waals surface area (Å²) in [5.74, 6) is -0.795. The van der Waals surface area contributed by atoms with E-state index in [1.54, 1.807) is 34.6 Å². The molecule has 124 valence electrons. The molecule has 0 bridgehead atoms. The average Bonchev–Trinajstić information content (AvgIpc) is 2.79. The molecule has 22 heavy (non-hydrogen) atoms. The number of ether oxygens (including phenoxy) is 3. The van der Waals surface area contributed by atoms with Crippen molar-refractivity contribution in [1.82, 2.24) is 4.90 Å². The van der Waals surface area contributed by atoms with E-state index in [0.717, 1.165) is 0 Å². The van der Waals surface area contributed by atoms with Crippen molar-refractivity contribution < 1.29 is 24.1 Å². The van der Waals surface area contributed by atoms with Crippen molar-refractivity contribution in [1.29, 1.82) is 5.26 Å². The number of amides is 1. The van der Waals surface area contributed by atoms with Gasteiger partial charge in [0.25, 0.3) is 0 Å². The number of hydrogen-bond donors (Lipinski definition) is 1. The van der Waals surface area contributed by atoms with Gasteiger partial charge in [0, 0.05) is 0 Å². The third-order valence-electron chi connectivity index (χ3n) is 3.73. The molecule has 0 aromatic heterocycles. The number of aliphatic hydroxyl groups excluding tert-OH is 1. The van der Waals surface area contributed by atoms with Crippen LogP contribution in [-0.2, 0) is 14.2 Å². The Morgan fingerprint density at radius 1 is 1.32 bits per heavy atom. The van der Waals surface area contributed by atoms with E-state index in [1.165, 1.54) is 4.90 Å². The number of carbonyl (C=O) groups is 1. The Labute approximate surface area is 130 Å². The Bertz CT molecular complexity index is 479. The molecule has 0 radical (unpaired) electrons. The molecule has 2 aliphatic heterocycles. The van der Waals surface area contributed by atoms with Crippen LogP contribution in [0, 0.1) is 11.3 Å². The van der Waals surface area contributed by atoms with E-state index in [9.17, 15) is 9.90 Å². The van der Waals surface area contributed by atoms with Crippen LogP contribution in [0.5, 0.6) is 0 Å². The summed E-state index contributed by atoms with van der Waals surface area (Å²) in [6.07, 6.45) is -1.38. The predicted molar refractivity (Wildman–Crippen MR) is 76.8 cm³/mol. The van der Waals surface area contributed by atoms with E-state index in [2.05, 4.69) is 6.07 Å². The van der Waals surface area contributed by atoms with Crippen molar-refractivity contribution in [2.24, 2.45) is 0 Å². The molecule has 1 amide bonds. The first kappa shape index (κ1) is 17.0. The van der Waals surface area contributed by atoms with Crippen molar-refractivity contribution in [3.05, 3.63) is 0 Å². The van der Waals surface area contributed by atoms with Gasteiger partial charge in [-0.1, -0.05) is 0 Å². The van der Waals surface area contributed by atoms with Gasteiger partial charge in [-0.2, -0.15) is 5.26 Å². The van der Waals surface area contributed by atoms with Gasteiger partial charge in [0.05, 0.1) is 31.2 Å². The lowest BCUT2D eigenvalue weighted by Gasteiger charge is -2.34. The number of likely N-dealkylation sites (tertiary alicyclic amines) is 1. The smallest absolute Gasteiger partial charge is 0.411 e. The number of nitrogens with zero attached hydrogens (tertiary/aromatic N) is 2. The predicted octanol–water partition coefficient (Wildman–Crippen LogP) is 1.40. The van der Waals surface area contributed by atoms with Gasteiger partial charge < -0.3 is 19.3 Å². The molecule has 0 aromatic rings. The van der Waals surface area contributed by atoms with Gasteiger partial charge in [-0.3, -0.25) is 4.90 Å². The van der Waals surface area contributed by atoms with E-state index < -0.39 is 41.8 Å². The Morgan fingerprint density at radius 3 is 2.32 bits per heavy atom. The lowest BCUT2D eigenvalue weighted by Crippen LogP contribution is -2.49. The van der Waals surface area contributed by atoms with Crippen LogP contribution in [0.3, 0.4) is 0 Å². The molecule has 4 atom stereocenters. The Balaban J connectivity index is 2.28. The minimum Gasteiger partial charge on any atom is -0.444 e. The second-order valence-corrected chi connectivity index (χ2v) is 7.13. The van der Waals surface area contributed by atoms with Gasteiger partial charge in [-0.25, -0.2) is 4.79 Å². The quantitative estimate of drug-likeness (QED) is 0.828. The van der Waals surface area contributed by atoms with E-state index in [4.69, 9.17) is 19.5 Å². The maximum absolute atomic E-state index is 12.5. The van der Waals surface area contributed by atoms with Crippen LogP contribution in [0.25, 0.3) is 0 Å². The summed E-state index contributed by atoms with van der Waals surface area (Å²) in [7, 11) is 0. The topological polar surface area (TPSA) is 92.0 Å². The van der Waals surface area contributed by atoms with Crippen molar-refractivity contribution in [3.63, 3.8) is 0 Å². The molecule has 7 nitrogen and oxygen atoms in total. The molecule has 0 spiro atoms. The van der Waals surface area contributed by atoms with Crippen LogP contribution < -0.4 is 0 Å². The summed E-state index contributed by atoms with van der Waals surface area (Å²) in [5, 5.41) is 18.8. The highest BCUT2D eigenvalue weighted by atomic mass is 16.8. The standard InChI is InChI=1S/C15H24N2O5/c1-14(2,3)22-13(19)17-9(6-7-16)11-12(10(17)8-18)21-15(4,5)20-11/h9-12,18H,6,8H2,1-5H3/t9-,10-,11?,12+/m1/s1. The van der Waals surface area contributed by atoms with Gasteiger partial charge in [0.1, 0.15) is 17.8 Å². The SMILES string of the molecule is CC(C)(C)OC(=O)N1[C@H](CC#N)C2OC(C)(C)O[C@H]2[C@H]1CO. The molecule has 7 heteroatoms. The van der Waals surface area contributed by atoms with E-state index >= 15 is 0 Å². The number of rotatable bonds is 2. The maximum atomic E-state index is 12.5. The molecule has 0 saturated carbocycles. The van der Waals surface area contributed by atoms with Crippen molar-refractivity contribution >= 4 is 6.09 Å². The Kier molecular flexibility index (Phi) is 4.39. The van der Waals surface area contributed by atoms with Crippen LogP contribution >= 0.6 is 0 Å². The highest BCUT2D eigenvalue weighted by Crippen LogP contribution is 2.41. The van der Waals surface area contributed by atoms with E-state index in [-0.39, 0.29) is 13.0 Å². The fourth-order valence-corrected chi connectivity index (χ4v) is 3.06. The van der Waals surface area contributed by atoms with Crippen molar-refractivity contribution in [2.75, 3.05) is 6.61 Å². The third-order valence-corrected chi connectivity index (χ3v) is 3.73. The molecular formula is C15H24N2O5. The molecule has 0 aromatic carbocycles. The minimum absolute atomic E-state index is 0.0936. The van der Waals surface area contributed by atoms with E-state index in [0.29, 0.717) is 0 Å². The summed E-state index contributed by atoms with van der Waals surface area (Å²) in [6.45, 7) is 8.59. The average molecular weight is 312 g/mol. The Hall–Kier alpha value is -1.36. The fraction of sp³-hybridized carbons (Fsp3) is 0.867. The van der Waals surface area contributed by atoms with Crippen LogP contribution in [0.2, 0.25) is 0 Å². The van der Waals surface area contributed by atoms with Gasteiger partial charge in [-0.05, 0) is 34.6 Å². The van der Waals surface area contributed by atoms with Crippen LogP contribution in [-0.4, -0.2) is 58.4 Å². The molecular weight excluding hydrogens is 288 g/mol. The summed E-state index contributed by atoms with van der Waals surface area (Å²) in [5.41, 5.74) is -0.660. The molecule has 2 saturated heterocycles. The lowest BCUT2D eigenvalue weighted by atomic mass is 10.1. The van der Waals surface area contributed by atoms with Crippen LogP contribution in [0.4, 0.5) is 4.79 Å². The lowest BCUT2D eigenvalue weighted by molar-refractivity contribution is -0.168. The molecule has 2 heterocycles. The Morgan fingerprint density at radius 2 is 1.86 bits per heavy atom. The number of aliphatic hydroxyl groups is 1. The highest BCUT2D eigenvalue weighted by molar-refractivity contribution is 5.70. The van der Waals surface area contributed by atoms with Crippen molar-refractivity contribution in [3.8, 4) is 6.07 Å². The molecule has 0 aliphatic carbocycles. The molecule has 1 unspecified atom stereocenters. The molecule has 2 fully saturated rings. The zero-order valence-corrected chi connectivity index (χ0v) is 13.7. The number of hydrogen-bond acceptors (Lipinski definition) is 6. The fourth-order valence-electron chi connectivity index (χ4n) is 3.06. The van der Waals surface area contributed by atoms with Crippen molar-refractivity contribution in [2.45, 2.75) is 76.7 Å². The second-order valence-electron chi connectivity index (χ2n) is 7.13. The molecule has 2 rings (SSSR count). The summed E-state index contributed by atoms with van der Waals surface area (Å²) < 4.78 is 17.1. The summed E-state index contributed by atoms with van der Waals surface area (Å²) in [6, 6.07) is 0.995. The number of nitriles is 1. The summed E-state index contributed by atoms with van der Waals surface area (Å²) >= 11 is 0. The third kappa shape index (κ3) is 3.19. The van der Waals surface area contributed by atoms with Gasteiger partial charge in [0.15, 0.2) is 5.79 Å².